The van der Waals surface area contributed by atoms with Gasteiger partial charge in [-0.05, 0) is 41.4 Å². The third-order valence-corrected chi connectivity index (χ3v) is 6.48. The van der Waals surface area contributed by atoms with Crippen molar-refractivity contribution in [2.75, 3.05) is 6.54 Å². The fourth-order valence-electron chi connectivity index (χ4n) is 2.12. The topological polar surface area (TPSA) is 66.8 Å². The van der Waals surface area contributed by atoms with Crippen LogP contribution in [0.1, 0.15) is 4.88 Å². The van der Waals surface area contributed by atoms with Crippen molar-refractivity contribution in [3.63, 3.8) is 0 Å². The number of amides is 1. The van der Waals surface area contributed by atoms with Crippen molar-refractivity contribution in [2.45, 2.75) is 4.90 Å². The quantitative estimate of drug-likeness (QED) is 0.578. The molecule has 1 saturated heterocycles. The molecule has 0 radical (unpaired) electrons. The van der Waals surface area contributed by atoms with Crippen molar-refractivity contribution in [3.8, 4) is 0 Å². The van der Waals surface area contributed by atoms with Gasteiger partial charge in [0, 0.05) is 11.4 Å². The van der Waals surface area contributed by atoms with Crippen LogP contribution in [0.3, 0.4) is 0 Å². The first-order valence-corrected chi connectivity index (χ1v) is 10.4. The molecular weight excluding hydrogens is 376 g/mol. The van der Waals surface area contributed by atoms with Gasteiger partial charge in [-0.25, -0.2) is 0 Å². The van der Waals surface area contributed by atoms with Crippen molar-refractivity contribution in [3.05, 3.63) is 70.3 Å². The van der Waals surface area contributed by atoms with Crippen LogP contribution in [-0.4, -0.2) is 30.9 Å². The molecule has 5 nitrogen and oxygen atoms in total. The highest BCUT2D eigenvalue weighted by Gasteiger charge is 2.34. The molecule has 128 valence electrons. The van der Waals surface area contributed by atoms with Crippen LogP contribution in [0.25, 0.3) is 6.08 Å². The molecular formula is C17H14N2O3S3. The summed E-state index contributed by atoms with van der Waals surface area (Å²) in [5, 5.41) is 2.05. The molecule has 0 atom stereocenters. The summed E-state index contributed by atoms with van der Waals surface area (Å²) in [6.45, 7) is 3.81. The molecule has 2 aromatic rings. The van der Waals surface area contributed by atoms with E-state index in [1.807, 2.05) is 17.5 Å². The Morgan fingerprint density at radius 3 is 2.56 bits per heavy atom. The van der Waals surface area contributed by atoms with E-state index in [0.717, 1.165) is 16.6 Å². The standard InChI is InChI=1S/C17H14N2O3S3/c1-2-10-19-16(20)15(12-13-7-6-11-23-13)24-17(19)18-25(21,22)14-8-4-3-5-9-14/h2-9,11-12H,1,10H2/b15-12-,18-17-. The van der Waals surface area contributed by atoms with Crippen LogP contribution in [0.15, 0.2) is 74.7 Å². The van der Waals surface area contributed by atoms with E-state index in [1.165, 1.54) is 34.4 Å². The maximum Gasteiger partial charge on any atom is 0.284 e. The van der Waals surface area contributed by atoms with Crippen molar-refractivity contribution in [2.24, 2.45) is 4.40 Å². The second kappa shape index (κ2) is 7.38. The van der Waals surface area contributed by atoms with Crippen LogP contribution in [0, 0.1) is 0 Å². The molecule has 2 heterocycles. The molecule has 0 saturated carbocycles. The molecule has 1 aromatic carbocycles. The van der Waals surface area contributed by atoms with Crippen LogP contribution < -0.4 is 0 Å². The lowest BCUT2D eigenvalue weighted by molar-refractivity contribution is -0.121. The van der Waals surface area contributed by atoms with E-state index in [9.17, 15) is 13.2 Å². The Morgan fingerprint density at radius 2 is 1.92 bits per heavy atom. The molecule has 1 amide bonds. The largest absolute Gasteiger partial charge is 0.284 e. The number of rotatable bonds is 5. The number of benzene rings is 1. The first-order chi connectivity index (χ1) is 12.0. The Bertz CT molecular complexity index is 946. The van der Waals surface area contributed by atoms with Gasteiger partial charge in [0.25, 0.3) is 15.9 Å². The van der Waals surface area contributed by atoms with Gasteiger partial charge in [0.2, 0.25) is 0 Å². The summed E-state index contributed by atoms with van der Waals surface area (Å²) in [6.07, 6.45) is 3.28. The number of hydrogen-bond acceptors (Lipinski definition) is 5. The average molecular weight is 391 g/mol. The molecule has 25 heavy (non-hydrogen) atoms. The predicted molar refractivity (Wildman–Crippen MR) is 103 cm³/mol. The van der Waals surface area contributed by atoms with Gasteiger partial charge in [-0.2, -0.15) is 8.42 Å². The number of thioether (sulfide) groups is 1. The Kier molecular flexibility index (Phi) is 5.22. The van der Waals surface area contributed by atoms with Crippen molar-refractivity contribution in [1.82, 2.24) is 4.90 Å². The summed E-state index contributed by atoms with van der Waals surface area (Å²) in [6, 6.07) is 11.7. The molecule has 0 N–H and O–H groups in total. The van der Waals surface area contributed by atoms with Gasteiger partial charge in [0.15, 0.2) is 5.17 Å². The molecule has 1 aliphatic heterocycles. The molecule has 8 heteroatoms. The summed E-state index contributed by atoms with van der Waals surface area (Å²) in [5.74, 6) is -0.277. The first-order valence-electron chi connectivity index (χ1n) is 7.27. The Morgan fingerprint density at radius 1 is 1.16 bits per heavy atom. The Balaban J connectivity index is 1.99. The normalized spacial score (nSPS) is 18.2. The van der Waals surface area contributed by atoms with Crippen molar-refractivity contribution < 1.29 is 13.2 Å². The minimum Gasteiger partial charge on any atom is -0.282 e. The third kappa shape index (κ3) is 3.92. The lowest BCUT2D eigenvalue weighted by Crippen LogP contribution is -2.29. The first kappa shape index (κ1) is 17.7. The summed E-state index contributed by atoms with van der Waals surface area (Å²) in [4.78, 5) is 15.3. The smallest absolute Gasteiger partial charge is 0.282 e. The average Bonchev–Trinajstić information content (AvgIpc) is 3.20. The summed E-state index contributed by atoms with van der Waals surface area (Å²) < 4.78 is 28.9. The number of carbonyl (C=O) groups is 1. The lowest BCUT2D eigenvalue weighted by atomic mass is 10.3. The molecule has 0 bridgehead atoms. The van der Waals surface area contributed by atoms with E-state index in [-0.39, 0.29) is 22.5 Å². The number of carbonyl (C=O) groups excluding carboxylic acids is 1. The minimum atomic E-state index is -3.89. The second-order valence-corrected chi connectivity index (χ2v) is 8.58. The molecule has 3 rings (SSSR count). The maximum atomic E-state index is 12.6. The maximum absolute atomic E-state index is 12.6. The zero-order chi connectivity index (χ0) is 17.9. The minimum absolute atomic E-state index is 0.0878. The zero-order valence-corrected chi connectivity index (χ0v) is 15.5. The van der Waals surface area contributed by atoms with E-state index in [2.05, 4.69) is 11.0 Å². The summed E-state index contributed by atoms with van der Waals surface area (Å²) in [5.41, 5.74) is 0. The van der Waals surface area contributed by atoms with Gasteiger partial charge in [0.1, 0.15) is 0 Å². The van der Waals surface area contributed by atoms with Crippen LogP contribution in [0.5, 0.6) is 0 Å². The van der Waals surface area contributed by atoms with Gasteiger partial charge >= 0.3 is 0 Å². The second-order valence-electron chi connectivity index (χ2n) is 4.99. The lowest BCUT2D eigenvalue weighted by Gasteiger charge is -2.12. The molecule has 0 unspecified atom stereocenters. The van der Waals surface area contributed by atoms with Crippen LogP contribution in [0.2, 0.25) is 0 Å². The van der Waals surface area contributed by atoms with E-state index >= 15 is 0 Å². The zero-order valence-electron chi connectivity index (χ0n) is 13.0. The van der Waals surface area contributed by atoms with Gasteiger partial charge in [-0.1, -0.05) is 30.3 Å². The van der Waals surface area contributed by atoms with Gasteiger partial charge in [-0.3, -0.25) is 9.69 Å². The number of nitrogens with zero attached hydrogens (tertiary/aromatic N) is 2. The SMILES string of the molecule is C=CCN1C(=O)/C(=C/c2cccs2)S/C1=N\S(=O)(=O)c1ccccc1. The molecule has 1 aliphatic rings. The molecule has 1 aromatic heterocycles. The monoisotopic (exact) mass is 390 g/mol. The van der Waals surface area contributed by atoms with Crippen LogP contribution in [0.4, 0.5) is 0 Å². The Labute approximate surface area is 154 Å². The molecule has 0 spiro atoms. The fourth-order valence-corrected chi connectivity index (χ4v) is 5.05. The number of thiophene rings is 1. The highest BCUT2D eigenvalue weighted by molar-refractivity contribution is 8.19. The number of sulfonamides is 1. The molecule has 0 aliphatic carbocycles. The predicted octanol–water partition coefficient (Wildman–Crippen LogP) is 3.60. The van der Waals surface area contributed by atoms with E-state index in [0.29, 0.717) is 4.91 Å². The van der Waals surface area contributed by atoms with E-state index < -0.39 is 10.0 Å². The number of amidine groups is 1. The van der Waals surface area contributed by atoms with Gasteiger partial charge in [0.05, 0.1) is 9.80 Å². The third-order valence-electron chi connectivity index (χ3n) is 3.26. The molecule has 1 fully saturated rings. The van der Waals surface area contributed by atoms with Crippen molar-refractivity contribution in [1.29, 1.82) is 0 Å². The van der Waals surface area contributed by atoms with Gasteiger partial charge in [-0.15, -0.1) is 22.3 Å². The highest BCUT2D eigenvalue weighted by Crippen LogP contribution is 2.34. The summed E-state index contributed by atoms with van der Waals surface area (Å²) >= 11 is 2.55. The number of hydrogen-bond donors (Lipinski definition) is 0. The summed E-state index contributed by atoms with van der Waals surface area (Å²) in [7, 11) is -3.89. The van der Waals surface area contributed by atoms with E-state index in [4.69, 9.17) is 0 Å². The Hall–Kier alpha value is -2.16. The van der Waals surface area contributed by atoms with Crippen LogP contribution in [-0.2, 0) is 14.8 Å². The fraction of sp³-hybridized carbons (Fsp3) is 0.0588. The van der Waals surface area contributed by atoms with Crippen LogP contribution >= 0.6 is 23.1 Å². The highest BCUT2D eigenvalue weighted by atomic mass is 32.2. The van der Waals surface area contributed by atoms with Crippen molar-refractivity contribution >= 4 is 50.3 Å². The van der Waals surface area contributed by atoms with E-state index in [1.54, 1.807) is 24.3 Å². The van der Waals surface area contributed by atoms with Gasteiger partial charge < -0.3 is 0 Å².